The first-order valence-corrected chi connectivity index (χ1v) is 6.87. The minimum absolute atomic E-state index is 0.207. The van der Waals surface area contributed by atoms with Crippen molar-refractivity contribution in [3.8, 4) is 0 Å². The quantitative estimate of drug-likeness (QED) is 0.883. The van der Waals surface area contributed by atoms with Crippen LogP contribution in [0, 0.1) is 18.6 Å². The highest BCUT2D eigenvalue weighted by molar-refractivity contribution is 5.27. The first-order valence-electron chi connectivity index (χ1n) is 6.87. The molecule has 2 rings (SSSR count). The standard InChI is InChI=1S/C15H21F2NO/c1-9-7-15(17)13(8-14(9)16)10(2)18-11-3-5-12(19)6-4-11/h7-8,10-12,18-19H,3-6H2,1-2H3. The molecule has 106 valence electrons. The zero-order valence-corrected chi connectivity index (χ0v) is 11.4. The molecule has 0 bridgehead atoms. The van der Waals surface area contributed by atoms with Crippen molar-refractivity contribution >= 4 is 0 Å². The van der Waals surface area contributed by atoms with Gasteiger partial charge in [-0.1, -0.05) is 0 Å². The fraction of sp³-hybridized carbons (Fsp3) is 0.600. The van der Waals surface area contributed by atoms with Crippen molar-refractivity contribution in [1.29, 1.82) is 0 Å². The first kappa shape index (κ1) is 14.4. The molecule has 0 spiro atoms. The summed E-state index contributed by atoms with van der Waals surface area (Å²) in [6.45, 7) is 3.40. The number of aliphatic hydroxyl groups is 1. The molecule has 1 atom stereocenters. The van der Waals surface area contributed by atoms with E-state index in [1.807, 2.05) is 6.92 Å². The second-order valence-electron chi connectivity index (χ2n) is 5.52. The summed E-state index contributed by atoms with van der Waals surface area (Å²) in [4.78, 5) is 0. The van der Waals surface area contributed by atoms with Gasteiger partial charge in [0, 0.05) is 17.6 Å². The molecule has 1 aliphatic rings. The summed E-state index contributed by atoms with van der Waals surface area (Å²) < 4.78 is 27.4. The third-order valence-corrected chi connectivity index (χ3v) is 3.93. The number of benzene rings is 1. The largest absolute Gasteiger partial charge is 0.393 e. The Morgan fingerprint density at radius 2 is 1.79 bits per heavy atom. The summed E-state index contributed by atoms with van der Waals surface area (Å²) in [6, 6.07) is 2.56. The van der Waals surface area contributed by atoms with Crippen LogP contribution in [-0.2, 0) is 0 Å². The van der Waals surface area contributed by atoms with Crippen LogP contribution in [0.1, 0.15) is 49.8 Å². The highest BCUT2D eigenvalue weighted by atomic mass is 19.1. The van der Waals surface area contributed by atoms with Gasteiger partial charge in [-0.3, -0.25) is 0 Å². The van der Waals surface area contributed by atoms with Crippen molar-refractivity contribution in [2.24, 2.45) is 0 Å². The van der Waals surface area contributed by atoms with Gasteiger partial charge in [-0.2, -0.15) is 0 Å². The Morgan fingerprint density at radius 1 is 1.16 bits per heavy atom. The maximum absolute atomic E-state index is 13.9. The summed E-state index contributed by atoms with van der Waals surface area (Å²) in [5.41, 5.74) is 0.698. The van der Waals surface area contributed by atoms with E-state index in [1.165, 1.54) is 12.1 Å². The van der Waals surface area contributed by atoms with Crippen molar-refractivity contribution in [2.45, 2.75) is 57.7 Å². The van der Waals surface area contributed by atoms with Crippen LogP contribution in [0.2, 0.25) is 0 Å². The van der Waals surface area contributed by atoms with Gasteiger partial charge in [0.2, 0.25) is 0 Å². The number of hydrogen-bond acceptors (Lipinski definition) is 2. The molecule has 0 heterocycles. The maximum Gasteiger partial charge on any atom is 0.128 e. The van der Waals surface area contributed by atoms with Crippen LogP contribution in [0.15, 0.2) is 12.1 Å². The van der Waals surface area contributed by atoms with Gasteiger partial charge in [-0.15, -0.1) is 0 Å². The van der Waals surface area contributed by atoms with Gasteiger partial charge >= 0.3 is 0 Å². The molecule has 0 saturated heterocycles. The summed E-state index contributed by atoms with van der Waals surface area (Å²) >= 11 is 0. The molecule has 0 amide bonds. The lowest BCUT2D eigenvalue weighted by atomic mass is 9.92. The topological polar surface area (TPSA) is 32.3 Å². The molecular formula is C15H21F2NO. The molecule has 0 aliphatic heterocycles. The van der Waals surface area contributed by atoms with Crippen LogP contribution >= 0.6 is 0 Å². The second-order valence-corrected chi connectivity index (χ2v) is 5.52. The van der Waals surface area contributed by atoms with Crippen LogP contribution in [0.3, 0.4) is 0 Å². The third kappa shape index (κ3) is 3.51. The van der Waals surface area contributed by atoms with E-state index in [0.717, 1.165) is 25.7 Å². The molecule has 1 saturated carbocycles. The number of halogens is 2. The summed E-state index contributed by atoms with van der Waals surface area (Å²) in [7, 11) is 0. The fourth-order valence-corrected chi connectivity index (χ4v) is 2.68. The summed E-state index contributed by atoms with van der Waals surface area (Å²) in [5, 5.41) is 12.8. The second kappa shape index (κ2) is 5.97. The van der Waals surface area contributed by atoms with Crippen LogP contribution in [0.5, 0.6) is 0 Å². The number of nitrogens with one attached hydrogen (secondary N) is 1. The van der Waals surface area contributed by atoms with Crippen molar-refractivity contribution in [1.82, 2.24) is 5.32 Å². The SMILES string of the molecule is Cc1cc(F)c(C(C)NC2CCC(O)CC2)cc1F. The number of rotatable bonds is 3. The highest BCUT2D eigenvalue weighted by Gasteiger charge is 2.22. The molecule has 19 heavy (non-hydrogen) atoms. The van der Waals surface area contributed by atoms with Crippen molar-refractivity contribution in [2.75, 3.05) is 0 Å². The molecule has 4 heteroatoms. The predicted octanol–water partition coefficient (Wildman–Crippen LogP) is 3.23. The van der Waals surface area contributed by atoms with Crippen LogP contribution in [0.4, 0.5) is 8.78 Å². The lowest BCUT2D eigenvalue weighted by molar-refractivity contribution is 0.114. The van der Waals surface area contributed by atoms with Crippen molar-refractivity contribution in [3.63, 3.8) is 0 Å². The summed E-state index contributed by atoms with van der Waals surface area (Å²) in [6.07, 6.45) is 3.09. The molecule has 1 aliphatic carbocycles. The lowest BCUT2D eigenvalue weighted by Gasteiger charge is -2.29. The van der Waals surface area contributed by atoms with E-state index in [0.29, 0.717) is 11.1 Å². The predicted molar refractivity (Wildman–Crippen MR) is 70.9 cm³/mol. The fourth-order valence-electron chi connectivity index (χ4n) is 2.68. The van der Waals surface area contributed by atoms with Crippen LogP contribution in [0.25, 0.3) is 0 Å². The normalized spacial score (nSPS) is 25.3. The average Bonchev–Trinajstić information content (AvgIpc) is 2.36. The van der Waals surface area contributed by atoms with Gasteiger partial charge in [-0.05, 0) is 57.2 Å². The Hall–Kier alpha value is -1.00. The van der Waals surface area contributed by atoms with Crippen molar-refractivity contribution in [3.05, 3.63) is 34.9 Å². The average molecular weight is 269 g/mol. The lowest BCUT2D eigenvalue weighted by Crippen LogP contribution is -2.36. The molecule has 1 unspecified atom stereocenters. The van der Waals surface area contributed by atoms with Gasteiger partial charge in [0.05, 0.1) is 6.10 Å². The van der Waals surface area contributed by atoms with Gasteiger partial charge in [0.1, 0.15) is 11.6 Å². The van der Waals surface area contributed by atoms with E-state index in [9.17, 15) is 13.9 Å². The van der Waals surface area contributed by atoms with Gasteiger partial charge < -0.3 is 10.4 Å². The molecule has 1 aromatic rings. The Labute approximate surface area is 112 Å². The minimum atomic E-state index is -0.371. The zero-order valence-electron chi connectivity index (χ0n) is 11.4. The maximum atomic E-state index is 13.9. The molecule has 2 nitrogen and oxygen atoms in total. The van der Waals surface area contributed by atoms with E-state index in [1.54, 1.807) is 6.92 Å². The number of aryl methyl sites for hydroxylation is 1. The van der Waals surface area contributed by atoms with Gasteiger partial charge in [0.15, 0.2) is 0 Å². The first-order chi connectivity index (χ1) is 8.97. The van der Waals surface area contributed by atoms with Gasteiger partial charge in [-0.25, -0.2) is 8.78 Å². The minimum Gasteiger partial charge on any atom is -0.393 e. The smallest absolute Gasteiger partial charge is 0.128 e. The molecule has 1 fully saturated rings. The Balaban J connectivity index is 2.03. The Bertz CT molecular complexity index is 442. The van der Waals surface area contributed by atoms with E-state index in [4.69, 9.17) is 0 Å². The monoisotopic (exact) mass is 269 g/mol. The Morgan fingerprint density at radius 3 is 2.42 bits per heavy atom. The molecule has 2 N–H and O–H groups in total. The third-order valence-electron chi connectivity index (χ3n) is 3.93. The van der Waals surface area contributed by atoms with Gasteiger partial charge in [0.25, 0.3) is 0 Å². The van der Waals surface area contributed by atoms with Crippen LogP contribution < -0.4 is 5.32 Å². The van der Waals surface area contributed by atoms with E-state index >= 15 is 0 Å². The molecule has 0 radical (unpaired) electrons. The van der Waals surface area contributed by atoms with E-state index in [-0.39, 0.29) is 29.8 Å². The van der Waals surface area contributed by atoms with Crippen molar-refractivity contribution < 1.29 is 13.9 Å². The van der Waals surface area contributed by atoms with E-state index in [2.05, 4.69) is 5.32 Å². The number of hydrogen-bond donors (Lipinski definition) is 2. The van der Waals surface area contributed by atoms with Crippen LogP contribution in [-0.4, -0.2) is 17.3 Å². The molecule has 1 aromatic carbocycles. The molecular weight excluding hydrogens is 248 g/mol. The Kier molecular flexibility index (Phi) is 4.53. The van der Waals surface area contributed by atoms with E-state index < -0.39 is 0 Å². The zero-order chi connectivity index (χ0) is 14.0. The highest BCUT2D eigenvalue weighted by Crippen LogP contribution is 2.24. The summed E-state index contributed by atoms with van der Waals surface area (Å²) in [5.74, 6) is -0.737. The molecule has 0 aromatic heterocycles. The number of aliphatic hydroxyl groups excluding tert-OH is 1.